The number of aromatic nitrogens is 2. The molecule has 0 atom stereocenters. The summed E-state index contributed by atoms with van der Waals surface area (Å²) in [4.78, 5) is 22.1. The van der Waals surface area contributed by atoms with Crippen LogP contribution in [0.25, 0.3) is 10.9 Å². The summed E-state index contributed by atoms with van der Waals surface area (Å²) in [5.74, 6) is -1.54. The molecular formula is C19H17FN4O4S. The lowest BCUT2D eigenvalue weighted by Crippen LogP contribution is -2.23. The Bertz CT molecular complexity index is 1230. The summed E-state index contributed by atoms with van der Waals surface area (Å²) in [5, 5.41) is 11.1. The maximum Gasteiger partial charge on any atom is 0.258 e. The number of benzene rings is 1. The van der Waals surface area contributed by atoms with Crippen molar-refractivity contribution in [3.63, 3.8) is 0 Å². The second-order valence-corrected chi connectivity index (χ2v) is 8.64. The van der Waals surface area contributed by atoms with Crippen LogP contribution in [0.5, 0.6) is 5.75 Å². The average molecular weight is 416 g/mol. The molecule has 150 valence electrons. The Hall–Kier alpha value is -3.27. The zero-order valence-electron chi connectivity index (χ0n) is 15.4. The first-order valence-corrected chi connectivity index (χ1v) is 10.5. The molecule has 2 aromatic heterocycles. The lowest BCUT2D eigenvalue weighted by Gasteiger charge is -2.16. The Morgan fingerprint density at radius 1 is 1.28 bits per heavy atom. The predicted molar refractivity (Wildman–Crippen MR) is 104 cm³/mol. The van der Waals surface area contributed by atoms with Crippen molar-refractivity contribution < 1.29 is 22.7 Å². The number of aromatic hydroxyl groups is 1. The molecule has 0 saturated carbocycles. The lowest BCUT2D eigenvalue weighted by atomic mass is 10.0. The van der Waals surface area contributed by atoms with Gasteiger partial charge in [0, 0.05) is 36.4 Å². The van der Waals surface area contributed by atoms with E-state index in [1.807, 2.05) is 0 Å². The van der Waals surface area contributed by atoms with E-state index in [1.54, 1.807) is 12.1 Å². The first kappa shape index (κ1) is 19.1. The fourth-order valence-electron chi connectivity index (χ4n) is 3.35. The summed E-state index contributed by atoms with van der Waals surface area (Å²) in [6, 6.07) is 5.96. The van der Waals surface area contributed by atoms with Gasteiger partial charge in [-0.2, -0.15) is 4.39 Å². The molecule has 29 heavy (non-hydrogen) atoms. The Labute approximate surface area is 166 Å². The number of carbonyl (C=O) groups excluding carboxylic acids is 1. The summed E-state index contributed by atoms with van der Waals surface area (Å²) in [7, 11) is -3.64. The quantitative estimate of drug-likeness (QED) is 0.488. The number of halogens is 1. The number of nitrogens with zero attached hydrogens (tertiary/aromatic N) is 3. The number of hydrogen-bond acceptors (Lipinski definition) is 6. The third-order valence-electron chi connectivity index (χ3n) is 4.79. The summed E-state index contributed by atoms with van der Waals surface area (Å²) >= 11 is 0. The predicted octanol–water partition coefficient (Wildman–Crippen LogP) is 2.39. The zero-order chi connectivity index (χ0) is 20.8. The maximum atomic E-state index is 13.1. The van der Waals surface area contributed by atoms with Gasteiger partial charge in [0.2, 0.25) is 16.0 Å². The fraction of sp³-hybridized carbons (Fsp3) is 0.211. The van der Waals surface area contributed by atoms with Crippen LogP contribution in [0.2, 0.25) is 0 Å². The average Bonchev–Trinajstić information content (AvgIpc) is 3.03. The summed E-state index contributed by atoms with van der Waals surface area (Å²) in [5.41, 5.74) is 1.36. The molecule has 3 heterocycles. The van der Waals surface area contributed by atoms with Crippen LogP contribution in [0.15, 0.2) is 36.7 Å². The van der Waals surface area contributed by atoms with Crippen LogP contribution in [0.1, 0.15) is 28.4 Å². The smallest absolute Gasteiger partial charge is 0.258 e. The van der Waals surface area contributed by atoms with Crippen LogP contribution in [0, 0.1) is 5.95 Å². The first-order chi connectivity index (χ1) is 13.8. The number of phenols is 1. The minimum absolute atomic E-state index is 0.0140. The second kappa shape index (κ2) is 6.96. The minimum atomic E-state index is -3.64. The van der Waals surface area contributed by atoms with E-state index in [2.05, 4.69) is 14.7 Å². The lowest BCUT2D eigenvalue weighted by molar-refractivity contribution is 0.0764. The van der Waals surface area contributed by atoms with E-state index >= 15 is 0 Å². The Morgan fingerprint density at radius 2 is 2.07 bits per heavy atom. The molecule has 0 aliphatic carbocycles. The SMILES string of the molecule is CCS(=O)(=O)Nc1c2c(c(O)c3ncccc13)C(=O)N(Cc1ccc(F)nc1)C2. The molecule has 0 unspecified atom stereocenters. The Balaban J connectivity index is 1.83. The third-order valence-corrected chi connectivity index (χ3v) is 6.07. The molecule has 1 aliphatic rings. The van der Waals surface area contributed by atoms with Gasteiger partial charge in [-0.05, 0) is 30.7 Å². The molecule has 8 nitrogen and oxygen atoms in total. The number of nitrogens with one attached hydrogen (secondary N) is 1. The summed E-state index contributed by atoms with van der Waals surface area (Å²) < 4.78 is 40.1. The van der Waals surface area contributed by atoms with Crippen molar-refractivity contribution in [1.29, 1.82) is 0 Å². The van der Waals surface area contributed by atoms with Crippen molar-refractivity contribution in [2.45, 2.75) is 20.0 Å². The van der Waals surface area contributed by atoms with Crippen LogP contribution in [-0.4, -0.2) is 40.1 Å². The molecule has 3 aromatic rings. The van der Waals surface area contributed by atoms with E-state index in [0.717, 1.165) is 0 Å². The van der Waals surface area contributed by atoms with Gasteiger partial charge < -0.3 is 10.0 Å². The molecule has 4 rings (SSSR count). The van der Waals surface area contributed by atoms with Crippen LogP contribution in [0.3, 0.4) is 0 Å². The van der Waals surface area contributed by atoms with Crippen molar-refractivity contribution in [2.24, 2.45) is 0 Å². The van der Waals surface area contributed by atoms with E-state index in [9.17, 15) is 22.7 Å². The number of anilines is 1. The van der Waals surface area contributed by atoms with E-state index in [4.69, 9.17) is 0 Å². The molecular weight excluding hydrogens is 399 g/mol. The molecule has 0 radical (unpaired) electrons. The highest BCUT2D eigenvalue weighted by atomic mass is 32.2. The van der Waals surface area contributed by atoms with Gasteiger partial charge in [-0.1, -0.05) is 6.07 Å². The van der Waals surface area contributed by atoms with E-state index < -0.39 is 21.9 Å². The Kier molecular flexibility index (Phi) is 4.58. The number of carbonyl (C=O) groups is 1. The van der Waals surface area contributed by atoms with E-state index in [-0.39, 0.29) is 41.4 Å². The van der Waals surface area contributed by atoms with Crippen molar-refractivity contribution in [3.05, 3.63) is 59.3 Å². The number of rotatable bonds is 5. The topological polar surface area (TPSA) is 112 Å². The molecule has 0 bridgehead atoms. The third kappa shape index (κ3) is 3.35. The van der Waals surface area contributed by atoms with Gasteiger partial charge in [0.15, 0.2) is 5.75 Å². The van der Waals surface area contributed by atoms with Gasteiger partial charge in [-0.15, -0.1) is 0 Å². The van der Waals surface area contributed by atoms with Crippen LogP contribution < -0.4 is 4.72 Å². The highest BCUT2D eigenvalue weighted by Gasteiger charge is 2.35. The van der Waals surface area contributed by atoms with Crippen LogP contribution in [-0.2, 0) is 23.1 Å². The van der Waals surface area contributed by atoms with Gasteiger partial charge in [-0.3, -0.25) is 14.5 Å². The number of hydrogen-bond donors (Lipinski definition) is 2. The summed E-state index contributed by atoms with van der Waals surface area (Å²) in [6.45, 7) is 1.71. The van der Waals surface area contributed by atoms with Gasteiger partial charge in [0.1, 0.15) is 5.52 Å². The van der Waals surface area contributed by atoms with Gasteiger partial charge in [0.05, 0.1) is 17.0 Å². The fourth-order valence-corrected chi connectivity index (χ4v) is 4.03. The van der Waals surface area contributed by atoms with Gasteiger partial charge in [0.25, 0.3) is 5.91 Å². The highest BCUT2D eigenvalue weighted by molar-refractivity contribution is 7.92. The molecule has 0 saturated heterocycles. The number of pyridine rings is 2. The van der Waals surface area contributed by atoms with Crippen LogP contribution >= 0.6 is 0 Å². The standard InChI is InChI=1S/C19H17FN4O4S/c1-2-29(27,28)23-16-12-4-3-7-21-17(12)18(25)15-13(16)10-24(19(15)26)9-11-5-6-14(20)22-8-11/h3-8,23,25H,2,9-10H2,1H3. The molecule has 1 aliphatic heterocycles. The Morgan fingerprint density at radius 3 is 2.76 bits per heavy atom. The molecule has 2 N–H and O–H groups in total. The molecule has 1 aromatic carbocycles. The molecule has 10 heteroatoms. The van der Waals surface area contributed by atoms with Crippen LogP contribution in [0.4, 0.5) is 10.1 Å². The van der Waals surface area contributed by atoms with Crippen molar-refractivity contribution in [1.82, 2.24) is 14.9 Å². The first-order valence-electron chi connectivity index (χ1n) is 8.83. The number of amides is 1. The van der Waals surface area contributed by atoms with Crippen molar-refractivity contribution in [3.8, 4) is 5.75 Å². The number of sulfonamides is 1. The van der Waals surface area contributed by atoms with Crippen molar-refractivity contribution in [2.75, 3.05) is 10.5 Å². The van der Waals surface area contributed by atoms with Gasteiger partial charge >= 0.3 is 0 Å². The normalized spacial score (nSPS) is 13.7. The maximum absolute atomic E-state index is 13.1. The minimum Gasteiger partial charge on any atom is -0.505 e. The monoisotopic (exact) mass is 416 g/mol. The van der Waals surface area contributed by atoms with Crippen molar-refractivity contribution >= 4 is 32.5 Å². The van der Waals surface area contributed by atoms with E-state index in [0.29, 0.717) is 16.5 Å². The second-order valence-electron chi connectivity index (χ2n) is 6.63. The molecule has 1 amide bonds. The largest absolute Gasteiger partial charge is 0.505 e. The summed E-state index contributed by atoms with van der Waals surface area (Å²) in [6.07, 6.45) is 2.78. The highest BCUT2D eigenvalue weighted by Crippen LogP contribution is 2.43. The zero-order valence-corrected chi connectivity index (χ0v) is 16.2. The molecule has 0 fully saturated rings. The molecule has 0 spiro atoms. The van der Waals surface area contributed by atoms with E-state index in [1.165, 1.54) is 36.4 Å². The van der Waals surface area contributed by atoms with Gasteiger partial charge in [-0.25, -0.2) is 13.4 Å². The number of fused-ring (bicyclic) bond motifs is 2. The number of phenolic OH excluding ortho intramolecular Hbond substituents is 1.